The zero-order valence-corrected chi connectivity index (χ0v) is 18.6. The first-order valence-corrected chi connectivity index (χ1v) is 11.3. The minimum Gasteiger partial charge on any atom is -0.380 e. The van der Waals surface area contributed by atoms with E-state index in [1.54, 1.807) is 0 Å². The van der Waals surface area contributed by atoms with Crippen LogP contribution in [0.25, 0.3) is 0 Å². The molecule has 1 aromatic rings. The molecule has 0 radical (unpaired) electrons. The average molecular weight is 416 g/mol. The molecule has 0 bridgehead atoms. The van der Waals surface area contributed by atoms with Gasteiger partial charge in [-0.3, -0.25) is 9.79 Å². The molecule has 30 heavy (non-hydrogen) atoms. The summed E-state index contributed by atoms with van der Waals surface area (Å²) in [7, 11) is 0. The molecule has 2 atom stereocenters. The third-order valence-electron chi connectivity index (χ3n) is 5.80. The topological polar surface area (TPSA) is 69.2 Å². The summed E-state index contributed by atoms with van der Waals surface area (Å²) in [6.07, 6.45) is 1.62. The van der Waals surface area contributed by atoms with E-state index in [0.29, 0.717) is 19.1 Å². The third-order valence-corrected chi connectivity index (χ3v) is 5.80. The number of nitrogens with zero attached hydrogens (tertiary/aromatic N) is 3. The Balaban J connectivity index is 1.57. The second-order valence-corrected chi connectivity index (χ2v) is 8.37. The van der Waals surface area contributed by atoms with Crippen molar-refractivity contribution in [1.82, 2.24) is 15.1 Å². The fourth-order valence-corrected chi connectivity index (χ4v) is 3.90. The summed E-state index contributed by atoms with van der Waals surface area (Å²) in [5, 5.41) is 7.04. The standard InChI is InChI=1S/C23H37N5O2/c1-4-24-23(25-17-20(18(2)3)26-19-9-6-5-7-10-19)28-14-12-27(13-15-28)22(29)21-11-8-16-30-21/h5-7,9-10,18,20-21,26H,4,8,11-17H2,1-3H3,(H,24,25). The Morgan fingerprint density at radius 2 is 1.87 bits per heavy atom. The second kappa shape index (κ2) is 11.2. The van der Waals surface area contributed by atoms with Gasteiger partial charge in [0.2, 0.25) is 0 Å². The van der Waals surface area contributed by atoms with Gasteiger partial charge in [-0.15, -0.1) is 0 Å². The van der Waals surface area contributed by atoms with Crippen LogP contribution in [-0.2, 0) is 9.53 Å². The van der Waals surface area contributed by atoms with E-state index < -0.39 is 0 Å². The molecule has 2 saturated heterocycles. The van der Waals surface area contributed by atoms with Gasteiger partial charge in [-0.2, -0.15) is 0 Å². The number of anilines is 1. The molecular weight excluding hydrogens is 378 g/mol. The van der Waals surface area contributed by atoms with Gasteiger partial charge in [0, 0.05) is 51.1 Å². The number of carbonyl (C=O) groups is 1. The number of benzene rings is 1. The quantitative estimate of drug-likeness (QED) is 0.529. The van der Waals surface area contributed by atoms with E-state index in [-0.39, 0.29) is 18.1 Å². The lowest BCUT2D eigenvalue weighted by atomic mass is 10.0. The normalized spacial score (nSPS) is 21.1. The predicted molar refractivity (Wildman–Crippen MR) is 122 cm³/mol. The van der Waals surface area contributed by atoms with Gasteiger partial charge in [-0.1, -0.05) is 32.0 Å². The molecule has 1 aromatic carbocycles. The lowest BCUT2D eigenvalue weighted by molar-refractivity contribution is -0.142. The number of carbonyl (C=O) groups excluding carboxylic acids is 1. The molecule has 1 amide bonds. The van der Waals surface area contributed by atoms with Gasteiger partial charge in [-0.05, 0) is 37.8 Å². The number of aliphatic imine (C=N–C) groups is 1. The molecule has 2 aliphatic heterocycles. The maximum absolute atomic E-state index is 12.6. The van der Waals surface area contributed by atoms with E-state index in [1.165, 1.54) is 0 Å². The van der Waals surface area contributed by atoms with E-state index in [4.69, 9.17) is 9.73 Å². The number of ether oxygens (including phenoxy) is 1. The van der Waals surface area contributed by atoms with E-state index in [2.05, 4.69) is 48.4 Å². The number of nitrogens with one attached hydrogen (secondary N) is 2. The highest BCUT2D eigenvalue weighted by atomic mass is 16.5. The van der Waals surface area contributed by atoms with Gasteiger partial charge in [-0.25, -0.2) is 0 Å². The van der Waals surface area contributed by atoms with E-state index in [9.17, 15) is 4.79 Å². The molecule has 7 heteroatoms. The Labute approximate surface area is 180 Å². The van der Waals surface area contributed by atoms with Crippen molar-refractivity contribution >= 4 is 17.6 Å². The van der Waals surface area contributed by atoms with Crippen molar-refractivity contribution in [1.29, 1.82) is 0 Å². The first-order valence-electron chi connectivity index (χ1n) is 11.3. The van der Waals surface area contributed by atoms with Gasteiger partial charge in [0.05, 0.1) is 6.54 Å². The van der Waals surface area contributed by atoms with Crippen LogP contribution in [0.3, 0.4) is 0 Å². The van der Waals surface area contributed by atoms with Crippen molar-refractivity contribution in [2.75, 3.05) is 51.2 Å². The first kappa shape index (κ1) is 22.4. The number of rotatable bonds is 7. The SMILES string of the molecule is CCNC(=NCC(Nc1ccccc1)C(C)C)N1CCN(C(=O)C2CCCO2)CC1. The molecule has 2 heterocycles. The van der Waals surface area contributed by atoms with Crippen LogP contribution in [0.5, 0.6) is 0 Å². The molecule has 2 aliphatic rings. The minimum atomic E-state index is -0.227. The van der Waals surface area contributed by atoms with Crippen molar-refractivity contribution in [2.45, 2.75) is 45.8 Å². The number of hydrogen-bond acceptors (Lipinski definition) is 4. The van der Waals surface area contributed by atoms with Gasteiger partial charge >= 0.3 is 0 Å². The van der Waals surface area contributed by atoms with E-state index in [1.807, 2.05) is 23.1 Å². The highest BCUT2D eigenvalue weighted by Gasteiger charge is 2.31. The third kappa shape index (κ3) is 6.11. The van der Waals surface area contributed by atoms with Crippen LogP contribution in [0.15, 0.2) is 35.3 Å². The molecule has 0 saturated carbocycles. The molecule has 3 rings (SSSR count). The maximum atomic E-state index is 12.6. The van der Waals surface area contributed by atoms with Crippen LogP contribution >= 0.6 is 0 Å². The Morgan fingerprint density at radius 1 is 1.17 bits per heavy atom. The van der Waals surface area contributed by atoms with Crippen molar-refractivity contribution in [2.24, 2.45) is 10.9 Å². The molecule has 0 spiro atoms. The van der Waals surface area contributed by atoms with Crippen LogP contribution in [-0.4, -0.2) is 79.7 Å². The molecule has 2 fully saturated rings. The Bertz CT molecular complexity index is 680. The number of guanidine groups is 1. The lowest BCUT2D eigenvalue weighted by Gasteiger charge is -2.37. The van der Waals surface area contributed by atoms with Crippen LogP contribution in [0, 0.1) is 5.92 Å². The summed E-state index contributed by atoms with van der Waals surface area (Å²) in [5.41, 5.74) is 1.12. The minimum absolute atomic E-state index is 0.154. The highest BCUT2D eigenvalue weighted by Crippen LogP contribution is 2.16. The summed E-state index contributed by atoms with van der Waals surface area (Å²) in [6, 6.07) is 10.6. The van der Waals surface area contributed by atoms with Crippen LogP contribution in [0.4, 0.5) is 5.69 Å². The average Bonchev–Trinajstić information content (AvgIpc) is 3.31. The molecule has 2 N–H and O–H groups in total. The number of amides is 1. The zero-order valence-electron chi connectivity index (χ0n) is 18.6. The van der Waals surface area contributed by atoms with Crippen LogP contribution in [0.2, 0.25) is 0 Å². The van der Waals surface area contributed by atoms with Gasteiger partial charge in [0.25, 0.3) is 5.91 Å². The van der Waals surface area contributed by atoms with Crippen molar-refractivity contribution in [3.63, 3.8) is 0 Å². The molecule has 0 aromatic heterocycles. The van der Waals surface area contributed by atoms with Gasteiger partial charge < -0.3 is 25.2 Å². The Morgan fingerprint density at radius 3 is 2.47 bits per heavy atom. The highest BCUT2D eigenvalue weighted by molar-refractivity contribution is 5.83. The van der Waals surface area contributed by atoms with E-state index >= 15 is 0 Å². The van der Waals surface area contributed by atoms with E-state index in [0.717, 1.165) is 57.2 Å². The monoisotopic (exact) mass is 415 g/mol. The molecular formula is C23H37N5O2. The number of piperazine rings is 1. The Kier molecular flexibility index (Phi) is 8.37. The fourth-order valence-electron chi connectivity index (χ4n) is 3.90. The smallest absolute Gasteiger partial charge is 0.251 e. The Hall–Kier alpha value is -2.28. The fraction of sp³-hybridized carbons (Fsp3) is 0.652. The summed E-state index contributed by atoms with van der Waals surface area (Å²) in [6.45, 7) is 11.8. The number of hydrogen-bond donors (Lipinski definition) is 2. The summed E-state index contributed by atoms with van der Waals surface area (Å²) in [5.74, 6) is 1.54. The van der Waals surface area contributed by atoms with Crippen molar-refractivity contribution in [3.8, 4) is 0 Å². The first-order chi connectivity index (χ1) is 14.6. The molecule has 7 nitrogen and oxygen atoms in total. The summed E-state index contributed by atoms with van der Waals surface area (Å²) in [4.78, 5) is 21.8. The van der Waals surface area contributed by atoms with Crippen molar-refractivity contribution < 1.29 is 9.53 Å². The largest absolute Gasteiger partial charge is 0.380 e. The predicted octanol–water partition coefficient (Wildman–Crippen LogP) is 2.41. The van der Waals surface area contributed by atoms with Crippen LogP contribution in [0.1, 0.15) is 33.6 Å². The van der Waals surface area contributed by atoms with Gasteiger partial charge in [0.1, 0.15) is 6.10 Å². The zero-order chi connectivity index (χ0) is 21.3. The molecule has 2 unspecified atom stereocenters. The number of para-hydroxylation sites is 1. The van der Waals surface area contributed by atoms with Crippen molar-refractivity contribution in [3.05, 3.63) is 30.3 Å². The molecule has 166 valence electrons. The lowest BCUT2D eigenvalue weighted by Crippen LogP contribution is -2.55. The van der Waals surface area contributed by atoms with Gasteiger partial charge in [0.15, 0.2) is 5.96 Å². The summed E-state index contributed by atoms with van der Waals surface area (Å²) >= 11 is 0. The molecule has 0 aliphatic carbocycles. The van der Waals surface area contributed by atoms with Crippen LogP contribution < -0.4 is 10.6 Å². The maximum Gasteiger partial charge on any atom is 0.251 e. The summed E-state index contributed by atoms with van der Waals surface area (Å²) < 4.78 is 5.57. The second-order valence-electron chi connectivity index (χ2n) is 8.37.